The van der Waals surface area contributed by atoms with Crippen LogP contribution in [-0.2, 0) is 9.53 Å². The van der Waals surface area contributed by atoms with Crippen LogP contribution in [0.15, 0.2) is 30.3 Å². The molecule has 1 aliphatic rings. The van der Waals surface area contributed by atoms with Crippen molar-refractivity contribution in [3.05, 3.63) is 35.9 Å². The van der Waals surface area contributed by atoms with Gasteiger partial charge in [-0.3, -0.25) is 4.79 Å². The fraction of sp³-hybridized carbons (Fsp3) is 0.588. The molecule has 4 nitrogen and oxygen atoms in total. The van der Waals surface area contributed by atoms with Gasteiger partial charge in [-0.2, -0.15) is 0 Å². The molecule has 1 aromatic rings. The maximum atomic E-state index is 12.1. The molecule has 1 heterocycles. The van der Waals surface area contributed by atoms with E-state index in [2.05, 4.69) is 10.2 Å². The summed E-state index contributed by atoms with van der Waals surface area (Å²) in [6.07, 6.45) is 2.47. The van der Waals surface area contributed by atoms with Gasteiger partial charge in [-0.1, -0.05) is 30.3 Å². The smallest absolute Gasteiger partial charge is 0.314 e. The van der Waals surface area contributed by atoms with Crippen LogP contribution < -0.4 is 5.32 Å². The molecule has 1 N–H and O–H groups in total. The molecule has 1 aliphatic heterocycles. The van der Waals surface area contributed by atoms with Crippen LogP contribution >= 0.6 is 0 Å². The number of carbonyl (C=O) groups excluding carboxylic acids is 1. The third-order valence-corrected chi connectivity index (χ3v) is 4.22. The lowest BCUT2D eigenvalue weighted by Crippen LogP contribution is -2.42. The standard InChI is InChI=1S/C17H26N2O2/c1-18-11-14-7-6-10-19(12-14)13-16(17(20)21-2)15-8-4-3-5-9-15/h3-5,8-9,14,16,18H,6-7,10-13H2,1-2H3. The van der Waals surface area contributed by atoms with Gasteiger partial charge in [0.05, 0.1) is 13.0 Å². The van der Waals surface area contributed by atoms with Crippen molar-refractivity contribution in [1.29, 1.82) is 0 Å². The van der Waals surface area contributed by atoms with Gasteiger partial charge >= 0.3 is 5.97 Å². The number of methoxy groups -OCH3 is 1. The van der Waals surface area contributed by atoms with E-state index in [0.29, 0.717) is 5.92 Å². The van der Waals surface area contributed by atoms with Crippen LogP contribution in [0.2, 0.25) is 0 Å². The first-order valence-corrected chi connectivity index (χ1v) is 7.74. The van der Waals surface area contributed by atoms with Crippen LogP contribution in [0.4, 0.5) is 0 Å². The Morgan fingerprint density at radius 1 is 1.43 bits per heavy atom. The first-order valence-electron chi connectivity index (χ1n) is 7.74. The van der Waals surface area contributed by atoms with Crippen LogP contribution in [-0.4, -0.2) is 51.2 Å². The Balaban J connectivity index is 2.03. The van der Waals surface area contributed by atoms with Crippen molar-refractivity contribution in [2.45, 2.75) is 18.8 Å². The molecule has 1 aromatic carbocycles. The van der Waals surface area contributed by atoms with Crippen molar-refractivity contribution in [3.8, 4) is 0 Å². The third-order valence-electron chi connectivity index (χ3n) is 4.22. The van der Waals surface area contributed by atoms with E-state index in [9.17, 15) is 4.79 Å². The Bertz CT molecular complexity index is 434. The van der Waals surface area contributed by atoms with Crippen molar-refractivity contribution in [2.24, 2.45) is 5.92 Å². The average Bonchev–Trinajstić information content (AvgIpc) is 2.53. The number of esters is 1. The number of carbonyl (C=O) groups is 1. The lowest BCUT2D eigenvalue weighted by atomic mass is 9.94. The van der Waals surface area contributed by atoms with Gasteiger partial charge < -0.3 is 15.0 Å². The summed E-state index contributed by atoms with van der Waals surface area (Å²) in [4.78, 5) is 14.5. The highest BCUT2D eigenvalue weighted by Gasteiger charge is 2.27. The summed E-state index contributed by atoms with van der Waals surface area (Å²) in [5.74, 6) is 0.347. The summed E-state index contributed by atoms with van der Waals surface area (Å²) in [7, 11) is 3.47. The van der Waals surface area contributed by atoms with Crippen LogP contribution in [0.25, 0.3) is 0 Å². The minimum Gasteiger partial charge on any atom is -0.469 e. The van der Waals surface area contributed by atoms with E-state index in [1.54, 1.807) is 0 Å². The molecule has 0 aromatic heterocycles. The number of ether oxygens (including phenoxy) is 1. The number of piperidine rings is 1. The molecule has 2 atom stereocenters. The first-order chi connectivity index (χ1) is 10.2. The second-order valence-electron chi connectivity index (χ2n) is 5.81. The lowest BCUT2D eigenvalue weighted by molar-refractivity contribution is -0.143. The predicted octanol–water partition coefficient (Wildman–Crippen LogP) is 1.87. The summed E-state index contributed by atoms with van der Waals surface area (Å²) < 4.78 is 5.00. The Morgan fingerprint density at radius 2 is 2.19 bits per heavy atom. The highest BCUT2D eigenvalue weighted by molar-refractivity contribution is 5.78. The molecule has 0 spiro atoms. The maximum absolute atomic E-state index is 12.1. The van der Waals surface area contributed by atoms with Crippen molar-refractivity contribution in [1.82, 2.24) is 10.2 Å². The zero-order chi connectivity index (χ0) is 15.1. The van der Waals surface area contributed by atoms with Crippen LogP contribution in [0, 0.1) is 5.92 Å². The molecule has 1 saturated heterocycles. The monoisotopic (exact) mass is 290 g/mol. The Labute approximate surface area is 127 Å². The van der Waals surface area contributed by atoms with Gasteiger partial charge in [-0.15, -0.1) is 0 Å². The van der Waals surface area contributed by atoms with Gasteiger partial charge in [-0.05, 0) is 44.5 Å². The quantitative estimate of drug-likeness (QED) is 0.812. The van der Waals surface area contributed by atoms with Crippen LogP contribution in [0.3, 0.4) is 0 Å². The van der Waals surface area contributed by atoms with Crippen molar-refractivity contribution < 1.29 is 9.53 Å². The fourth-order valence-electron chi connectivity index (χ4n) is 3.17. The van der Waals surface area contributed by atoms with E-state index < -0.39 is 0 Å². The lowest BCUT2D eigenvalue weighted by Gasteiger charge is -2.34. The summed E-state index contributed by atoms with van der Waals surface area (Å²) in [5, 5.41) is 3.26. The fourth-order valence-corrected chi connectivity index (χ4v) is 3.17. The molecule has 2 rings (SSSR count). The second kappa shape index (κ2) is 8.15. The van der Waals surface area contributed by atoms with E-state index in [-0.39, 0.29) is 11.9 Å². The summed E-state index contributed by atoms with van der Waals surface area (Å²) >= 11 is 0. The van der Waals surface area contributed by atoms with Crippen molar-refractivity contribution >= 4 is 5.97 Å². The number of benzene rings is 1. The SMILES string of the molecule is CNCC1CCCN(CC(C(=O)OC)c2ccccc2)C1. The second-order valence-corrected chi connectivity index (χ2v) is 5.81. The van der Waals surface area contributed by atoms with Gasteiger partial charge in [0.1, 0.15) is 0 Å². The van der Waals surface area contributed by atoms with E-state index in [0.717, 1.165) is 31.7 Å². The number of hydrogen-bond acceptors (Lipinski definition) is 4. The largest absolute Gasteiger partial charge is 0.469 e. The van der Waals surface area contributed by atoms with E-state index in [1.165, 1.54) is 20.0 Å². The molecule has 0 radical (unpaired) electrons. The van der Waals surface area contributed by atoms with Gasteiger partial charge in [-0.25, -0.2) is 0 Å². The number of nitrogens with zero attached hydrogens (tertiary/aromatic N) is 1. The summed E-state index contributed by atoms with van der Waals surface area (Å²) in [6, 6.07) is 9.95. The normalized spacial score (nSPS) is 21.0. The molecule has 4 heteroatoms. The molecule has 0 aliphatic carbocycles. The molecule has 0 amide bonds. The zero-order valence-electron chi connectivity index (χ0n) is 13.0. The molecule has 1 fully saturated rings. The van der Waals surface area contributed by atoms with Gasteiger partial charge in [0.15, 0.2) is 0 Å². The molecule has 0 bridgehead atoms. The number of nitrogens with one attached hydrogen (secondary N) is 1. The molecular formula is C17H26N2O2. The molecule has 2 unspecified atom stereocenters. The van der Waals surface area contributed by atoms with Crippen molar-refractivity contribution in [3.63, 3.8) is 0 Å². The Kier molecular flexibility index (Phi) is 6.21. The number of hydrogen-bond donors (Lipinski definition) is 1. The van der Waals surface area contributed by atoms with Gasteiger partial charge in [0.2, 0.25) is 0 Å². The summed E-state index contributed by atoms with van der Waals surface area (Å²) in [5.41, 5.74) is 1.04. The molecule has 116 valence electrons. The predicted molar refractivity (Wildman–Crippen MR) is 84.3 cm³/mol. The first kappa shape index (κ1) is 16.0. The van der Waals surface area contributed by atoms with E-state index in [1.807, 2.05) is 37.4 Å². The van der Waals surface area contributed by atoms with E-state index in [4.69, 9.17) is 4.74 Å². The highest BCUT2D eigenvalue weighted by atomic mass is 16.5. The van der Waals surface area contributed by atoms with Crippen LogP contribution in [0.1, 0.15) is 24.3 Å². The van der Waals surface area contributed by atoms with Gasteiger partial charge in [0, 0.05) is 13.1 Å². The van der Waals surface area contributed by atoms with E-state index >= 15 is 0 Å². The topological polar surface area (TPSA) is 41.6 Å². The minimum atomic E-state index is -0.190. The molecule has 21 heavy (non-hydrogen) atoms. The summed E-state index contributed by atoms with van der Waals surface area (Å²) in [6.45, 7) is 3.92. The number of rotatable bonds is 6. The molecule has 0 saturated carbocycles. The maximum Gasteiger partial charge on any atom is 0.314 e. The van der Waals surface area contributed by atoms with Crippen LogP contribution in [0.5, 0.6) is 0 Å². The minimum absolute atomic E-state index is 0.142. The molecular weight excluding hydrogens is 264 g/mol. The van der Waals surface area contributed by atoms with Gasteiger partial charge in [0.25, 0.3) is 0 Å². The highest BCUT2D eigenvalue weighted by Crippen LogP contribution is 2.22. The third kappa shape index (κ3) is 4.55. The van der Waals surface area contributed by atoms with Crippen molar-refractivity contribution in [2.75, 3.05) is 40.3 Å². The Morgan fingerprint density at radius 3 is 2.86 bits per heavy atom. The number of likely N-dealkylation sites (tertiary alicyclic amines) is 1. The zero-order valence-corrected chi connectivity index (χ0v) is 13.0. The Hall–Kier alpha value is -1.39. The average molecular weight is 290 g/mol.